The largest absolute Gasteiger partial charge is 0.357 e. The Morgan fingerprint density at radius 1 is 1.15 bits per heavy atom. The average Bonchev–Trinajstić information content (AvgIpc) is 3.51. The summed E-state index contributed by atoms with van der Waals surface area (Å²) in [5.74, 6) is 1.000. The fraction of sp³-hybridized carbons (Fsp3) is 0.250. The first-order valence-electron chi connectivity index (χ1n) is 11.1. The molecule has 0 unspecified atom stereocenters. The number of H-pyrrole nitrogens is 1. The highest BCUT2D eigenvalue weighted by atomic mass is 35.5. The van der Waals surface area contributed by atoms with E-state index >= 15 is 0 Å². The summed E-state index contributed by atoms with van der Waals surface area (Å²) in [4.78, 5) is 38.8. The highest BCUT2D eigenvalue weighted by Crippen LogP contribution is 2.39. The number of rotatable bonds is 5. The molecule has 6 rings (SSSR count). The molecule has 0 spiro atoms. The predicted octanol–water partition coefficient (Wildman–Crippen LogP) is 3.63. The van der Waals surface area contributed by atoms with E-state index in [1.807, 2.05) is 30.3 Å². The Balaban J connectivity index is 1.42. The number of pyridine rings is 1. The standard InChI is InChI=1S/C24H22ClN7O2/c1-30-20-21(29-23(30)28-14-8-9-26-19(11-14)13-6-7-13)31(2)24(34)32(22(20)33)12-15-10-16-17(25)4-3-5-18(16)27-15/h3-5,8-11,13,27H,6-7,12H2,1-2H3,(H,26,28,29). The maximum atomic E-state index is 13.4. The molecule has 0 saturated heterocycles. The molecule has 10 heteroatoms. The van der Waals surface area contributed by atoms with Crippen molar-refractivity contribution in [3.8, 4) is 0 Å². The Hall–Kier alpha value is -3.85. The Bertz CT molecular complexity index is 1700. The SMILES string of the molecule is Cn1c(Nc2ccnc(C3CC3)c2)nc2c1c(=O)n(Cc1cc3c(Cl)cccc3[nH]1)c(=O)n2C. The predicted molar refractivity (Wildman–Crippen MR) is 132 cm³/mol. The lowest BCUT2D eigenvalue weighted by atomic mass is 10.2. The lowest BCUT2D eigenvalue weighted by molar-refractivity contribution is 0.648. The molecule has 1 saturated carbocycles. The molecule has 4 heterocycles. The zero-order valence-electron chi connectivity index (χ0n) is 18.7. The van der Waals surface area contributed by atoms with Gasteiger partial charge >= 0.3 is 5.69 Å². The van der Waals surface area contributed by atoms with Crippen molar-refractivity contribution in [2.24, 2.45) is 14.1 Å². The molecule has 1 aliphatic carbocycles. The van der Waals surface area contributed by atoms with Crippen molar-refractivity contribution in [3.63, 3.8) is 0 Å². The Morgan fingerprint density at radius 3 is 2.74 bits per heavy atom. The van der Waals surface area contributed by atoms with Crippen molar-refractivity contribution in [2.75, 3.05) is 5.32 Å². The van der Waals surface area contributed by atoms with Crippen LogP contribution >= 0.6 is 11.6 Å². The Kier molecular flexibility index (Phi) is 4.63. The van der Waals surface area contributed by atoms with Gasteiger partial charge in [0, 0.05) is 59.2 Å². The van der Waals surface area contributed by atoms with Gasteiger partial charge in [0.1, 0.15) is 0 Å². The van der Waals surface area contributed by atoms with Crippen LogP contribution in [0.4, 0.5) is 11.6 Å². The van der Waals surface area contributed by atoms with Gasteiger partial charge in [-0.25, -0.2) is 4.79 Å². The van der Waals surface area contributed by atoms with E-state index in [0.717, 1.165) is 35.1 Å². The van der Waals surface area contributed by atoms with E-state index in [9.17, 15) is 9.59 Å². The van der Waals surface area contributed by atoms with Crippen LogP contribution in [-0.4, -0.2) is 28.7 Å². The molecule has 0 aliphatic heterocycles. The molecule has 0 amide bonds. The first-order chi connectivity index (χ1) is 16.4. The summed E-state index contributed by atoms with van der Waals surface area (Å²) in [6, 6.07) is 11.3. The first-order valence-corrected chi connectivity index (χ1v) is 11.4. The molecule has 0 radical (unpaired) electrons. The molecule has 1 aromatic carbocycles. The number of anilines is 2. The van der Waals surface area contributed by atoms with Gasteiger partial charge in [-0.2, -0.15) is 4.98 Å². The summed E-state index contributed by atoms with van der Waals surface area (Å²) < 4.78 is 4.30. The van der Waals surface area contributed by atoms with E-state index in [2.05, 4.69) is 20.3 Å². The zero-order chi connectivity index (χ0) is 23.6. The molecular formula is C24H22ClN7O2. The molecule has 1 fully saturated rings. The molecular weight excluding hydrogens is 454 g/mol. The lowest BCUT2D eigenvalue weighted by Gasteiger charge is -2.08. The van der Waals surface area contributed by atoms with Crippen LogP contribution in [0.15, 0.2) is 52.2 Å². The van der Waals surface area contributed by atoms with Gasteiger partial charge in [0.15, 0.2) is 11.2 Å². The molecule has 172 valence electrons. The number of hydrogen-bond donors (Lipinski definition) is 2. The molecule has 5 aromatic rings. The van der Waals surface area contributed by atoms with Crippen molar-refractivity contribution in [3.05, 3.63) is 79.8 Å². The van der Waals surface area contributed by atoms with E-state index in [4.69, 9.17) is 11.6 Å². The van der Waals surface area contributed by atoms with Gasteiger partial charge in [0.25, 0.3) is 5.56 Å². The quantitative estimate of drug-likeness (QED) is 0.404. The van der Waals surface area contributed by atoms with E-state index in [-0.39, 0.29) is 6.54 Å². The van der Waals surface area contributed by atoms with Crippen LogP contribution in [0.3, 0.4) is 0 Å². The molecule has 1 aliphatic rings. The van der Waals surface area contributed by atoms with Gasteiger partial charge < -0.3 is 14.9 Å². The summed E-state index contributed by atoms with van der Waals surface area (Å²) >= 11 is 6.28. The van der Waals surface area contributed by atoms with Gasteiger partial charge in [0.05, 0.1) is 6.54 Å². The maximum absolute atomic E-state index is 13.4. The summed E-state index contributed by atoms with van der Waals surface area (Å²) in [6.45, 7) is 0.0928. The van der Waals surface area contributed by atoms with Crippen molar-refractivity contribution in [1.82, 2.24) is 28.7 Å². The second-order valence-corrected chi connectivity index (χ2v) is 9.17. The van der Waals surface area contributed by atoms with Gasteiger partial charge in [-0.1, -0.05) is 17.7 Å². The number of benzene rings is 1. The minimum atomic E-state index is -0.438. The normalized spacial score (nSPS) is 13.7. The maximum Gasteiger partial charge on any atom is 0.332 e. The van der Waals surface area contributed by atoms with Crippen LogP contribution in [0.5, 0.6) is 0 Å². The lowest BCUT2D eigenvalue weighted by Crippen LogP contribution is -2.39. The van der Waals surface area contributed by atoms with Gasteiger partial charge in [-0.05, 0) is 43.2 Å². The fourth-order valence-corrected chi connectivity index (χ4v) is 4.61. The van der Waals surface area contributed by atoms with Crippen molar-refractivity contribution >= 4 is 45.3 Å². The highest BCUT2D eigenvalue weighted by Gasteiger charge is 2.25. The van der Waals surface area contributed by atoms with Crippen LogP contribution in [0.25, 0.3) is 22.1 Å². The Labute approximate surface area is 198 Å². The Morgan fingerprint density at radius 2 is 1.97 bits per heavy atom. The van der Waals surface area contributed by atoms with Crippen LogP contribution in [0, 0.1) is 0 Å². The number of nitrogens with one attached hydrogen (secondary N) is 2. The number of fused-ring (bicyclic) bond motifs is 2. The van der Waals surface area contributed by atoms with Gasteiger partial charge in [-0.3, -0.25) is 18.9 Å². The summed E-state index contributed by atoms with van der Waals surface area (Å²) in [5.41, 5.74) is 3.29. The average molecular weight is 476 g/mol. The fourth-order valence-electron chi connectivity index (χ4n) is 4.38. The summed E-state index contributed by atoms with van der Waals surface area (Å²) in [7, 11) is 3.39. The highest BCUT2D eigenvalue weighted by molar-refractivity contribution is 6.35. The van der Waals surface area contributed by atoms with Crippen LogP contribution < -0.4 is 16.6 Å². The van der Waals surface area contributed by atoms with Gasteiger partial charge in [0.2, 0.25) is 5.95 Å². The summed E-state index contributed by atoms with van der Waals surface area (Å²) in [5, 5.41) is 4.74. The zero-order valence-corrected chi connectivity index (χ0v) is 19.4. The van der Waals surface area contributed by atoms with Crippen molar-refractivity contribution in [2.45, 2.75) is 25.3 Å². The summed E-state index contributed by atoms with van der Waals surface area (Å²) in [6.07, 6.45) is 4.09. The number of aromatic nitrogens is 6. The van der Waals surface area contributed by atoms with E-state index < -0.39 is 11.2 Å². The minimum absolute atomic E-state index is 0.0928. The molecule has 0 bridgehead atoms. The van der Waals surface area contributed by atoms with Crippen LogP contribution in [0.1, 0.15) is 30.1 Å². The minimum Gasteiger partial charge on any atom is -0.357 e. The molecule has 2 N–H and O–H groups in total. The van der Waals surface area contributed by atoms with Crippen LogP contribution in [-0.2, 0) is 20.6 Å². The van der Waals surface area contributed by atoms with Crippen molar-refractivity contribution in [1.29, 1.82) is 0 Å². The number of aryl methyl sites for hydroxylation is 2. The molecule has 9 nitrogen and oxygen atoms in total. The van der Waals surface area contributed by atoms with Crippen molar-refractivity contribution < 1.29 is 0 Å². The monoisotopic (exact) mass is 475 g/mol. The number of aromatic amines is 1. The molecule has 34 heavy (non-hydrogen) atoms. The van der Waals surface area contributed by atoms with Gasteiger partial charge in [-0.15, -0.1) is 0 Å². The second-order valence-electron chi connectivity index (χ2n) is 8.76. The van der Waals surface area contributed by atoms with Crippen LogP contribution in [0.2, 0.25) is 5.02 Å². The third-order valence-electron chi connectivity index (χ3n) is 6.39. The number of hydrogen-bond acceptors (Lipinski definition) is 5. The third-order valence-corrected chi connectivity index (χ3v) is 6.72. The molecule has 0 atom stereocenters. The number of imidazole rings is 1. The smallest absolute Gasteiger partial charge is 0.332 e. The topological polar surface area (TPSA) is 103 Å². The van der Waals surface area contributed by atoms with E-state index in [1.165, 1.54) is 9.13 Å². The number of nitrogens with zero attached hydrogens (tertiary/aromatic N) is 5. The third kappa shape index (κ3) is 3.31. The molecule has 4 aromatic heterocycles. The second kappa shape index (κ2) is 7.59. The number of halogens is 1. The first kappa shape index (κ1) is 20.7. The van der Waals surface area contributed by atoms with E-state index in [0.29, 0.717) is 33.7 Å². The van der Waals surface area contributed by atoms with E-state index in [1.54, 1.807) is 30.9 Å².